The quantitative estimate of drug-likeness (QED) is 0.649. The topological polar surface area (TPSA) is 58.5 Å². The highest BCUT2D eigenvalue weighted by molar-refractivity contribution is 8.09. The summed E-state index contributed by atoms with van der Waals surface area (Å²) in [5.74, 6) is 0. The highest BCUT2D eigenvalue weighted by Crippen LogP contribution is 2.04. The molecule has 11 heavy (non-hydrogen) atoms. The lowest BCUT2D eigenvalue weighted by Crippen LogP contribution is -2.26. The van der Waals surface area contributed by atoms with Gasteiger partial charge in [-0.15, -0.1) is 0 Å². The minimum absolute atomic E-state index is 0.208. The molecule has 62 valence electrons. The van der Waals surface area contributed by atoms with Crippen LogP contribution in [0.5, 0.6) is 0 Å². The molecule has 5 heteroatoms. The molecule has 0 saturated heterocycles. The van der Waals surface area contributed by atoms with Crippen LogP contribution in [0.2, 0.25) is 0 Å². The van der Waals surface area contributed by atoms with E-state index in [-0.39, 0.29) is 5.04 Å². The second-order valence-electron chi connectivity index (χ2n) is 2.13. The predicted molar refractivity (Wildman–Crippen MR) is 44.0 cm³/mol. The van der Waals surface area contributed by atoms with E-state index in [0.29, 0.717) is 6.54 Å². The zero-order valence-corrected chi connectivity index (χ0v) is 7.06. The lowest BCUT2D eigenvalue weighted by atomic mass is 10.6. The first kappa shape index (κ1) is 8.42. The van der Waals surface area contributed by atoms with Gasteiger partial charge in [-0.3, -0.25) is 0 Å². The smallest absolute Gasteiger partial charge is 0.215 e. The van der Waals surface area contributed by atoms with Gasteiger partial charge in [-0.05, 0) is 6.54 Å². The van der Waals surface area contributed by atoms with E-state index in [1.807, 2.05) is 6.92 Å². The van der Waals surface area contributed by atoms with Crippen LogP contribution in [0.4, 0.5) is 0 Å². The van der Waals surface area contributed by atoms with E-state index >= 15 is 0 Å². The molecule has 0 spiro atoms. The monoisotopic (exact) mass is 174 g/mol. The molecule has 4 nitrogen and oxygen atoms in total. The Kier molecular flexibility index (Phi) is 2.41. The summed E-state index contributed by atoms with van der Waals surface area (Å²) in [4.78, 5) is 3.71. The van der Waals surface area contributed by atoms with E-state index in [4.69, 9.17) is 0 Å². The van der Waals surface area contributed by atoms with Gasteiger partial charge in [0.25, 0.3) is 0 Å². The number of nitrogens with zero attached hydrogens (tertiary/aromatic N) is 1. The third-order valence-electron chi connectivity index (χ3n) is 1.31. The van der Waals surface area contributed by atoms with Crippen LogP contribution in [0.3, 0.4) is 0 Å². The minimum Gasteiger partial charge on any atom is -0.311 e. The molecule has 0 aliphatic carbocycles. The van der Waals surface area contributed by atoms with Crippen molar-refractivity contribution >= 4 is 14.9 Å². The van der Waals surface area contributed by atoms with Gasteiger partial charge in [0.15, 0.2) is 0 Å². The molecule has 0 aromatic carbocycles. The average Bonchev–Trinajstić information content (AvgIpc) is 2.25. The van der Waals surface area contributed by atoms with E-state index in [0.717, 1.165) is 12.0 Å². The van der Waals surface area contributed by atoms with Gasteiger partial charge in [-0.1, -0.05) is 6.92 Å². The van der Waals surface area contributed by atoms with Gasteiger partial charge in [0, 0.05) is 12.7 Å². The van der Waals surface area contributed by atoms with Crippen LogP contribution in [-0.2, 0) is 9.84 Å². The number of hydrogen-bond acceptors (Lipinski definition) is 4. The maximum atomic E-state index is 11.0. The second kappa shape index (κ2) is 3.15. The van der Waals surface area contributed by atoms with Gasteiger partial charge in [-0.2, -0.15) is 0 Å². The zero-order valence-electron chi connectivity index (χ0n) is 6.24. The molecular formula is C6H10N2O2S. The Balaban J connectivity index is 2.63. The third kappa shape index (κ3) is 1.87. The number of hydrogen-bond donors (Lipinski definition) is 1. The van der Waals surface area contributed by atoms with Crippen LogP contribution in [-0.4, -0.2) is 26.6 Å². The van der Waals surface area contributed by atoms with Crippen molar-refractivity contribution in [3.05, 3.63) is 11.6 Å². The first-order chi connectivity index (χ1) is 5.17. The summed E-state index contributed by atoms with van der Waals surface area (Å²) in [5.41, 5.74) is 0. The number of nitrogens with one attached hydrogen (secondary N) is 1. The molecule has 0 atom stereocenters. The summed E-state index contributed by atoms with van der Waals surface area (Å²) in [5, 5.41) is 4.21. The van der Waals surface area contributed by atoms with Crippen LogP contribution in [0, 0.1) is 0 Å². The maximum absolute atomic E-state index is 11.0. The summed E-state index contributed by atoms with van der Waals surface area (Å²) in [7, 11) is -3.15. The van der Waals surface area contributed by atoms with Crippen molar-refractivity contribution in [2.24, 2.45) is 4.99 Å². The number of sulfone groups is 1. The molecule has 1 rings (SSSR count). The average molecular weight is 174 g/mol. The molecule has 0 fully saturated rings. The fourth-order valence-corrected chi connectivity index (χ4v) is 1.61. The van der Waals surface area contributed by atoms with Crippen molar-refractivity contribution < 1.29 is 8.42 Å². The van der Waals surface area contributed by atoms with E-state index in [2.05, 4.69) is 10.3 Å². The first-order valence-electron chi connectivity index (χ1n) is 3.36. The maximum Gasteiger partial charge on any atom is 0.215 e. The SMILES string of the molecule is CCNCC1=NC=CS1(=O)=O. The summed E-state index contributed by atoms with van der Waals surface area (Å²) in [6, 6.07) is 0. The van der Waals surface area contributed by atoms with Gasteiger partial charge in [0.1, 0.15) is 5.04 Å². The van der Waals surface area contributed by atoms with Crippen molar-refractivity contribution in [3.8, 4) is 0 Å². The largest absolute Gasteiger partial charge is 0.311 e. The highest BCUT2D eigenvalue weighted by atomic mass is 32.2. The van der Waals surface area contributed by atoms with Crippen LogP contribution in [0.25, 0.3) is 0 Å². The van der Waals surface area contributed by atoms with Crippen molar-refractivity contribution in [1.82, 2.24) is 5.32 Å². The molecule has 0 unspecified atom stereocenters. The Morgan fingerprint density at radius 3 is 2.82 bits per heavy atom. The van der Waals surface area contributed by atoms with E-state index in [1.54, 1.807) is 0 Å². The molecule has 1 aliphatic heterocycles. The van der Waals surface area contributed by atoms with Gasteiger partial charge < -0.3 is 5.32 Å². The fraction of sp³-hybridized carbons (Fsp3) is 0.500. The van der Waals surface area contributed by atoms with Gasteiger partial charge >= 0.3 is 0 Å². The zero-order chi connectivity index (χ0) is 8.32. The molecule has 0 amide bonds. The van der Waals surface area contributed by atoms with Crippen molar-refractivity contribution in [3.63, 3.8) is 0 Å². The van der Waals surface area contributed by atoms with Crippen molar-refractivity contribution in [2.75, 3.05) is 13.1 Å². The molecule has 1 aliphatic rings. The summed E-state index contributed by atoms with van der Waals surface area (Å²) in [6.07, 6.45) is 1.31. The number of rotatable bonds is 3. The fourth-order valence-electron chi connectivity index (χ4n) is 0.724. The number of aliphatic imine (C=N–C) groups is 1. The lowest BCUT2D eigenvalue weighted by Gasteiger charge is -1.99. The molecule has 0 aromatic rings. The molecule has 1 N–H and O–H groups in total. The van der Waals surface area contributed by atoms with Crippen LogP contribution in [0.15, 0.2) is 16.6 Å². The normalized spacial score (nSPS) is 20.3. The first-order valence-corrected chi connectivity index (χ1v) is 4.90. The van der Waals surface area contributed by atoms with Crippen LogP contribution in [0.1, 0.15) is 6.92 Å². The summed E-state index contributed by atoms with van der Waals surface area (Å²) < 4.78 is 22.0. The molecule has 1 heterocycles. The second-order valence-corrected chi connectivity index (χ2v) is 3.97. The third-order valence-corrected chi connectivity index (χ3v) is 2.70. The Bertz CT molecular complexity index is 290. The Labute approximate surface area is 65.9 Å². The van der Waals surface area contributed by atoms with E-state index in [1.165, 1.54) is 6.20 Å². The van der Waals surface area contributed by atoms with Gasteiger partial charge in [-0.25, -0.2) is 13.4 Å². The molecule has 0 aromatic heterocycles. The highest BCUT2D eigenvalue weighted by Gasteiger charge is 2.18. The minimum atomic E-state index is -3.15. The Morgan fingerprint density at radius 2 is 2.36 bits per heavy atom. The molecule has 0 radical (unpaired) electrons. The molecule has 0 saturated carbocycles. The van der Waals surface area contributed by atoms with Crippen molar-refractivity contribution in [1.29, 1.82) is 0 Å². The van der Waals surface area contributed by atoms with Gasteiger partial charge in [0.05, 0.1) is 5.41 Å². The Hall–Kier alpha value is -0.680. The lowest BCUT2D eigenvalue weighted by molar-refractivity contribution is 0.614. The van der Waals surface area contributed by atoms with Crippen molar-refractivity contribution in [2.45, 2.75) is 6.92 Å². The molecule has 0 bridgehead atoms. The summed E-state index contributed by atoms with van der Waals surface area (Å²) in [6.45, 7) is 2.98. The van der Waals surface area contributed by atoms with E-state index < -0.39 is 9.84 Å². The van der Waals surface area contributed by atoms with Crippen LogP contribution < -0.4 is 5.32 Å². The van der Waals surface area contributed by atoms with E-state index in [9.17, 15) is 8.42 Å². The standard InChI is InChI=1S/C6H10N2O2S/c1-2-7-5-6-8-3-4-11(6,9)10/h3-4,7H,2,5H2,1H3. The molecular weight excluding hydrogens is 164 g/mol. The summed E-state index contributed by atoms with van der Waals surface area (Å²) >= 11 is 0. The van der Waals surface area contributed by atoms with Crippen LogP contribution >= 0.6 is 0 Å². The van der Waals surface area contributed by atoms with Gasteiger partial charge in [0.2, 0.25) is 9.84 Å². The Morgan fingerprint density at radius 1 is 1.64 bits per heavy atom. The predicted octanol–water partition coefficient (Wildman–Crippen LogP) is -0.106.